The molecule has 0 saturated heterocycles. The minimum atomic E-state index is -0.660. The molecule has 7 rings (SSSR count). The zero-order valence-electron chi connectivity index (χ0n) is 30.4. The maximum atomic E-state index is 12.9. The fourth-order valence-corrected chi connectivity index (χ4v) is 13.1. The van der Waals surface area contributed by atoms with Crippen molar-refractivity contribution in [3.05, 3.63) is 59.2 Å². The van der Waals surface area contributed by atoms with Crippen molar-refractivity contribution in [2.24, 2.45) is 51.8 Å². The van der Waals surface area contributed by atoms with Gasteiger partial charge in [-0.15, -0.1) is 0 Å². The molecule has 0 spiro atoms. The third-order valence-corrected chi connectivity index (χ3v) is 15.8. The molecule has 0 aliphatic heterocycles. The van der Waals surface area contributed by atoms with Crippen LogP contribution in [-0.4, -0.2) is 28.8 Å². The van der Waals surface area contributed by atoms with Crippen LogP contribution in [-0.2, 0) is 16.1 Å². The van der Waals surface area contributed by atoms with Gasteiger partial charge in [-0.3, -0.25) is 4.79 Å². The molecule has 0 bridgehead atoms. The minimum Gasteiger partial charge on any atom is -0.461 e. The minimum absolute atomic E-state index is 0.0158. The molecule has 1 aromatic carbocycles. The van der Waals surface area contributed by atoms with Crippen LogP contribution in [0.25, 0.3) is 0 Å². The summed E-state index contributed by atoms with van der Waals surface area (Å²) in [5, 5.41) is 14.6. The summed E-state index contributed by atoms with van der Waals surface area (Å²) in [6.45, 7) is 15.7. The third-order valence-electron chi connectivity index (χ3n) is 15.8. The van der Waals surface area contributed by atoms with Crippen molar-refractivity contribution < 1.29 is 14.6 Å². The van der Waals surface area contributed by atoms with Crippen LogP contribution in [0.15, 0.2) is 53.6 Å². The molecule has 10 atom stereocenters. The Balaban J connectivity index is 1.05. The van der Waals surface area contributed by atoms with Gasteiger partial charge in [-0.05, 0) is 153 Å². The van der Waals surface area contributed by atoms with Crippen LogP contribution in [0.1, 0.15) is 131 Å². The first-order valence-corrected chi connectivity index (χ1v) is 19.4. The Morgan fingerprint density at radius 1 is 0.915 bits per heavy atom. The molecule has 0 heterocycles. The number of ether oxygens (including phenoxy) is 1. The number of aliphatic hydroxyl groups is 1. The van der Waals surface area contributed by atoms with Crippen molar-refractivity contribution in [1.82, 2.24) is 5.32 Å². The highest BCUT2D eigenvalue weighted by molar-refractivity contribution is 5.73. The normalized spacial score (nSPS) is 43.0. The van der Waals surface area contributed by atoms with E-state index in [4.69, 9.17) is 4.74 Å². The van der Waals surface area contributed by atoms with Crippen molar-refractivity contribution >= 4 is 5.97 Å². The summed E-state index contributed by atoms with van der Waals surface area (Å²) in [5.74, 6) is 3.58. The van der Waals surface area contributed by atoms with Gasteiger partial charge in [0.2, 0.25) is 0 Å². The highest BCUT2D eigenvalue weighted by Gasteiger charge is 2.68. The molecule has 0 amide bonds. The number of rotatable bonds is 7. The Hall–Kier alpha value is -1.91. The van der Waals surface area contributed by atoms with E-state index in [0.717, 1.165) is 48.5 Å². The predicted octanol–water partition coefficient (Wildman–Crippen LogP) is 9.57. The van der Waals surface area contributed by atoms with E-state index >= 15 is 0 Å². The number of allylic oxidation sites excluding steroid dienone is 4. The van der Waals surface area contributed by atoms with E-state index in [9.17, 15) is 9.90 Å². The zero-order chi connectivity index (χ0) is 33.2. The van der Waals surface area contributed by atoms with E-state index in [2.05, 4.69) is 45.2 Å². The number of carbonyl (C=O) groups excluding carboxylic acids is 1. The molecule has 6 aliphatic carbocycles. The first kappa shape index (κ1) is 33.6. The first-order chi connectivity index (χ1) is 22.3. The zero-order valence-corrected chi connectivity index (χ0v) is 30.4. The first-order valence-electron chi connectivity index (χ1n) is 19.4. The Morgan fingerprint density at radius 2 is 1.70 bits per heavy atom. The van der Waals surface area contributed by atoms with E-state index in [1.807, 2.05) is 44.2 Å². The third kappa shape index (κ3) is 5.60. The lowest BCUT2D eigenvalue weighted by molar-refractivity contribution is -0.213. The number of hydrogen-bond donors (Lipinski definition) is 2. The summed E-state index contributed by atoms with van der Waals surface area (Å²) in [6, 6.07) is 10.0. The Kier molecular flexibility index (Phi) is 8.68. The van der Waals surface area contributed by atoms with Gasteiger partial charge in [-0.25, -0.2) is 0 Å². The lowest BCUT2D eigenvalue weighted by Gasteiger charge is -2.71. The molecule has 0 radical (unpaired) electrons. The predicted molar refractivity (Wildman–Crippen MR) is 190 cm³/mol. The lowest BCUT2D eigenvalue weighted by Crippen LogP contribution is -2.67. The average Bonchev–Trinajstić information content (AvgIpc) is 3.48. The van der Waals surface area contributed by atoms with Crippen molar-refractivity contribution in [2.75, 3.05) is 6.54 Å². The maximum absolute atomic E-state index is 12.9. The summed E-state index contributed by atoms with van der Waals surface area (Å²) in [6.07, 6.45) is 21.0. The lowest BCUT2D eigenvalue weighted by atomic mass is 9.34. The molecular formula is C43H63NO3. The van der Waals surface area contributed by atoms with E-state index in [0.29, 0.717) is 35.3 Å². The molecule has 4 fully saturated rings. The van der Waals surface area contributed by atoms with Gasteiger partial charge in [0.15, 0.2) is 0 Å². The van der Waals surface area contributed by atoms with E-state index < -0.39 is 5.60 Å². The standard InChI is InChI=1S/C43H63NO3/c1-29-33(31-14-16-32(17-15-31)38(45)47-27-30-11-8-7-9-12-30)20-23-40(4)34(29)21-24-42(6)37(40)19-18-35-36-13-10-22-43(36,26-25-41(35,42)5)44-28-39(2,3)46/h7-9,11-12,14,20,29,32,34-37,44,46H,10,13,15-19,21-28H2,1-6H3/t29?,32-,34?,35?,36+,37?,40-,41+,42?,43-/m0/s1. The van der Waals surface area contributed by atoms with Crippen molar-refractivity contribution in [3.8, 4) is 0 Å². The average molecular weight is 642 g/mol. The van der Waals surface area contributed by atoms with Crippen LogP contribution in [0.2, 0.25) is 0 Å². The summed E-state index contributed by atoms with van der Waals surface area (Å²) in [7, 11) is 0. The van der Waals surface area contributed by atoms with Gasteiger partial charge in [0.05, 0.1) is 11.5 Å². The van der Waals surface area contributed by atoms with Crippen LogP contribution in [0.3, 0.4) is 0 Å². The second-order valence-corrected chi connectivity index (χ2v) is 18.5. The molecule has 4 nitrogen and oxygen atoms in total. The molecule has 4 heteroatoms. The Labute approximate surface area is 285 Å². The molecule has 47 heavy (non-hydrogen) atoms. The van der Waals surface area contributed by atoms with Crippen LogP contribution in [0, 0.1) is 51.8 Å². The van der Waals surface area contributed by atoms with E-state index in [-0.39, 0.29) is 17.4 Å². The second-order valence-electron chi connectivity index (χ2n) is 18.5. The summed E-state index contributed by atoms with van der Waals surface area (Å²) < 4.78 is 5.72. The quantitative estimate of drug-likeness (QED) is 0.291. The van der Waals surface area contributed by atoms with Gasteiger partial charge in [0, 0.05) is 12.1 Å². The Bertz CT molecular complexity index is 1390. The topological polar surface area (TPSA) is 58.6 Å². The SMILES string of the molecule is CC1C(C2=CC[C@H](C(=O)OCc3ccccc3)CC2)=CC[C@@]2(C)C1CCC1(C)C2CCC2[C@H]3CCC[C@]3(NCC(C)(C)O)CC[C@]21C. The van der Waals surface area contributed by atoms with Crippen LogP contribution >= 0.6 is 0 Å². The smallest absolute Gasteiger partial charge is 0.309 e. The number of benzene rings is 1. The number of fused-ring (bicyclic) bond motifs is 7. The number of β-amino-alcohol motifs (C(OH)–C–C–N with tert-alkyl or cyclic N) is 1. The van der Waals surface area contributed by atoms with Gasteiger partial charge in [0.25, 0.3) is 0 Å². The molecule has 0 aromatic heterocycles. The molecule has 1 aromatic rings. The highest BCUT2D eigenvalue weighted by Crippen LogP contribution is 2.75. The van der Waals surface area contributed by atoms with Crippen LogP contribution in [0.5, 0.6) is 0 Å². The fourth-order valence-electron chi connectivity index (χ4n) is 13.1. The van der Waals surface area contributed by atoms with Crippen molar-refractivity contribution in [1.29, 1.82) is 0 Å². The Morgan fingerprint density at radius 3 is 2.43 bits per heavy atom. The van der Waals surface area contributed by atoms with Gasteiger partial charge in [0.1, 0.15) is 6.61 Å². The molecular weight excluding hydrogens is 578 g/mol. The molecule has 6 aliphatic rings. The van der Waals surface area contributed by atoms with Gasteiger partial charge >= 0.3 is 5.97 Å². The molecule has 4 saturated carbocycles. The molecule has 258 valence electrons. The van der Waals surface area contributed by atoms with Crippen molar-refractivity contribution in [2.45, 2.75) is 143 Å². The molecule has 2 N–H and O–H groups in total. The van der Waals surface area contributed by atoms with Gasteiger partial charge in [-0.1, -0.05) is 76.6 Å². The molecule has 5 unspecified atom stereocenters. The number of hydrogen-bond acceptors (Lipinski definition) is 4. The second kappa shape index (κ2) is 12.1. The summed E-state index contributed by atoms with van der Waals surface area (Å²) >= 11 is 0. The van der Waals surface area contributed by atoms with E-state index in [1.54, 1.807) is 5.57 Å². The van der Waals surface area contributed by atoms with Crippen LogP contribution in [0.4, 0.5) is 0 Å². The van der Waals surface area contributed by atoms with Gasteiger partial charge in [-0.2, -0.15) is 0 Å². The van der Waals surface area contributed by atoms with Crippen molar-refractivity contribution in [3.63, 3.8) is 0 Å². The summed E-state index contributed by atoms with van der Waals surface area (Å²) in [5.41, 5.74) is 4.86. The fraction of sp³-hybridized carbons (Fsp3) is 0.744. The number of carbonyl (C=O) groups is 1. The largest absolute Gasteiger partial charge is 0.461 e. The maximum Gasteiger partial charge on any atom is 0.309 e. The number of nitrogens with one attached hydrogen (secondary N) is 1. The monoisotopic (exact) mass is 641 g/mol. The van der Waals surface area contributed by atoms with Crippen LogP contribution < -0.4 is 5.32 Å². The number of esters is 1. The summed E-state index contributed by atoms with van der Waals surface area (Å²) in [4.78, 5) is 12.9. The van der Waals surface area contributed by atoms with E-state index in [1.165, 1.54) is 69.8 Å². The van der Waals surface area contributed by atoms with Gasteiger partial charge < -0.3 is 15.2 Å². The highest BCUT2D eigenvalue weighted by atomic mass is 16.5.